The van der Waals surface area contributed by atoms with Crippen LogP contribution in [0.25, 0.3) is 10.9 Å². The number of aromatic nitrogens is 2. The maximum atomic E-state index is 12.5. The van der Waals surface area contributed by atoms with Gasteiger partial charge >= 0.3 is 0 Å². The summed E-state index contributed by atoms with van der Waals surface area (Å²) in [4.78, 5) is 26.9. The van der Waals surface area contributed by atoms with Crippen molar-refractivity contribution in [1.29, 1.82) is 0 Å². The van der Waals surface area contributed by atoms with Crippen molar-refractivity contribution in [2.24, 2.45) is 0 Å². The Bertz CT molecular complexity index is 799. The quantitative estimate of drug-likeness (QED) is 0.629. The average Bonchev–Trinajstić information content (AvgIpc) is 2.81. The van der Waals surface area contributed by atoms with Gasteiger partial charge in [-0.25, -0.2) is 4.98 Å². The van der Waals surface area contributed by atoms with Gasteiger partial charge in [-0.05, 0) is 19.9 Å². The van der Waals surface area contributed by atoms with Crippen molar-refractivity contribution in [3.05, 3.63) is 45.0 Å². The van der Waals surface area contributed by atoms with E-state index < -0.39 is 10.7 Å². The van der Waals surface area contributed by atoms with Crippen LogP contribution < -0.4 is 5.56 Å². The van der Waals surface area contributed by atoms with Gasteiger partial charge in [0.1, 0.15) is 6.10 Å². The van der Waals surface area contributed by atoms with Crippen LogP contribution in [0.1, 0.15) is 13.8 Å². The van der Waals surface area contributed by atoms with Crippen molar-refractivity contribution >= 4 is 16.6 Å². The number of nitro benzene ring substituents is 1. The Labute approximate surface area is 125 Å². The largest absolute Gasteiger partial charge is 0.348 e. The molecular formula is C14H15N3O5. The summed E-state index contributed by atoms with van der Waals surface area (Å²) in [5.74, 6) is -0.669. The van der Waals surface area contributed by atoms with E-state index in [4.69, 9.17) is 9.47 Å². The molecule has 0 bridgehead atoms. The summed E-state index contributed by atoms with van der Waals surface area (Å²) < 4.78 is 12.5. The molecule has 1 saturated heterocycles. The van der Waals surface area contributed by atoms with E-state index in [1.165, 1.54) is 29.1 Å². The van der Waals surface area contributed by atoms with Gasteiger partial charge in [0, 0.05) is 12.1 Å². The number of non-ortho nitro benzene ring substituents is 1. The highest BCUT2D eigenvalue weighted by atomic mass is 16.7. The number of ether oxygens (including phenoxy) is 2. The third-order valence-electron chi connectivity index (χ3n) is 3.49. The van der Waals surface area contributed by atoms with Gasteiger partial charge in [0.05, 0.1) is 35.3 Å². The molecule has 1 aliphatic rings. The molecule has 1 aliphatic heterocycles. The van der Waals surface area contributed by atoms with E-state index in [1.54, 1.807) is 13.8 Å². The molecule has 0 unspecified atom stereocenters. The lowest BCUT2D eigenvalue weighted by Gasteiger charge is -2.17. The maximum Gasteiger partial charge on any atom is 0.270 e. The normalized spacial score (nSPS) is 20.4. The molecular weight excluding hydrogens is 290 g/mol. The fraction of sp³-hybridized carbons (Fsp3) is 0.429. The van der Waals surface area contributed by atoms with E-state index in [0.717, 1.165) is 0 Å². The molecule has 0 radical (unpaired) electrons. The highest BCUT2D eigenvalue weighted by molar-refractivity contribution is 5.79. The predicted molar refractivity (Wildman–Crippen MR) is 77.6 cm³/mol. The molecule has 2 aromatic rings. The number of rotatable bonds is 3. The number of benzene rings is 1. The highest BCUT2D eigenvalue weighted by Crippen LogP contribution is 2.23. The van der Waals surface area contributed by atoms with Gasteiger partial charge in [0.15, 0.2) is 5.79 Å². The molecule has 8 nitrogen and oxygen atoms in total. The van der Waals surface area contributed by atoms with Gasteiger partial charge in [-0.15, -0.1) is 0 Å². The molecule has 0 spiro atoms. The molecule has 0 N–H and O–H groups in total. The second-order valence-electron chi connectivity index (χ2n) is 5.61. The Morgan fingerprint density at radius 1 is 1.50 bits per heavy atom. The first-order chi connectivity index (χ1) is 10.4. The zero-order valence-electron chi connectivity index (χ0n) is 12.2. The molecule has 3 rings (SSSR count). The fourth-order valence-corrected chi connectivity index (χ4v) is 2.46. The van der Waals surface area contributed by atoms with Crippen molar-refractivity contribution in [2.75, 3.05) is 6.61 Å². The fourth-order valence-electron chi connectivity index (χ4n) is 2.46. The van der Waals surface area contributed by atoms with E-state index in [-0.39, 0.29) is 29.3 Å². The van der Waals surface area contributed by atoms with Crippen LogP contribution in [0.4, 0.5) is 5.69 Å². The molecule has 1 fully saturated rings. The molecule has 0 amide bonds. The molecule has 1 aromatic carbocycles. The zero-order chi connectivity index (χ0) is 15.9. The number of hydrogen-bond acceptors (Lipinski definition) is 6. The zero-order valence-corrected chi connectivity index (χ0v) is 12.2. The number of hydrogen-bond donors (Lipinski definition) is 0. The molecule has 22 heavy (non-hydrogen) atoms. The third kappa shape index (κ3) is 2.70. The number of nitrogens with zero attached hydrogens (tertiary/aromatic N) is 3. The van der Waals surface area contributed by atoms with E-state index in [9.17, 15) is 14.9 Å². The molecule has 0 aliphatic carbocycles. The molecule has 116 valence electrons. The van der Waals surface area contributed by atoms with Gasteiger partial charge in [0.25, 0.3) is 11.2 Å². The van der Waals surface area contributed by atoms with Crippen LogP contribution in [-0.2, 0) is 16.0 Å². The SMILES string of the molecule is CC1(C)OC[C@@H](Cn2cnc3ccc([N+](=O)[O-])cc3c2=O)O1. The first-order valence-corrected chi connectivity index (χ1v) is 6.81. The van der Waals surface area contributed by atoms with Crippen molar-refractivity contribution in [2.45, 2.75) is 32.3 Å². The van der Waals surface area contributed by atoms with Crippen LogP contribution >= 0.6 is 0 Å². The summed E-state index contributed by atoms with van der Waals surface area (Å²) in [6, 6.07) is 4.05. The summed E-state index contributed by atoms with van der Waals surface area (Å²) in [5, 5.41) is 11.0. The van der Waals surface area contributed by atoms with Crippen LogP contribution in [-0.4, -0.2) is 33.0 Å². The lowest BCUT2D eigenvalue weighted by atomic mass is 10.2. The minimum atomic E-state index is -0.669. The van der Waals surface area contributed by atoms with Crippen molar-refractivity contribution in [3.8, 4) is 0 Å². The summed E-state index contributed by atoms with van der Waals surface area (Å²) in [6.07, 6.45) is 1.16. The maximum absolute atomic E-state index is 12.5. The summed E-state index contributed by atoms with van der Waals surface area (Å²) in [6.45, 7) is 4.27. The molecule has 0 saturated carbocycles. The molecule has 1 atom stereocenters. The van der Waals surface area contributed by atoms with Crippen LogP contribution in [0.15, 0.2) is 29.3 Å². The average molecular weight is 305 g/mol. The molecule has 2 heterocycles. The number of nitro groups is 1. The minimum Gasteiger partial charge on any atom is -0.348 e. The third-order valence-corrected chi connectivity index (χ3v) is 3.49. The van der Waals surface area contributed by atoms with E-state index in [2.05, 4.69) is 4.98 Å². The topological polar surface area (TPSA) is 96.5 Å². The summed E-state index contributed by atoms with van der Waals surface area (Å²) >= 11 is 0. The number of fused-ring (bicyclic) bond motifs is 1. The first kappa shape index (κ1) is 14.6. The smallest absolute Gasteiger partial charge is 0.270 e. The first-order valence-electron chi connectivity index (χ1n) is 6.81. The highest BCUT2D eigenvalue weighted by Gasteiger charge is 2.33. The standard InChI is InChI=1S/C14H15N3O5/c1-14(2)21-7-10(22-14)6-16-8-15-12-4-3-9(17(19)20)5-11(12)13(16)18/h3-5,8,10H,6-7H2,1-2H3/t10-/m1/s1. The van der Waals surface area contributed by atoms with Gasteiger partial charge in [-0.1, -0.05) is 0 Å². The van der Waals surface area contributed by atoms with Gasteiger partial charge in [-0.2, -0.15) is 0 Å². The summed E-state index contributed by atoms with van der Waals surface area (Å²) in [5.41, 5.74) is -0.0384. The van der Waals surface area contributed by atoms with Crippen molar-refractivity contribution in [3.63, 3.8) is 0 Å². The van der Waals surface area contributed by atoms with Crippen molar-refractivity contribution < 1.29 is 14.4 Å². The lowest BCUT2D eigenvalue weighted by molar-refractivity contribution is -0.384. The predicted octanol–water partition coefficient (Wildman–Crippen LogP) is 1.46. The molecule has 8 heteroatoms. The van der Waals surface area contributed by atoms with Gasteiger partial charge in [0.2, 0.25) is 0 Å². The lowest BCUT2D eigenvalue weighted by Crippen LogP contribution is -2.29. The Morgan fingerprint density at radius 2 is 2.27 bits per heavy atom. The Kier molecular flexibility index (Phi) is 3.42. The van der Waals surface area contributed by atoms with Crippen LogP contribution in [0.2, 0.25) is 0 Å². The van der Waals surface area contributed by atoms with Crippen LogP contribution in [0, 0.1) is 10.1 Å². The molecule has 1 aromatic heterocycles. The van der Waals surface area contributed by atoms with Crippen LogP contribution in [0.3, 0.4) is 0 Å². The van der Waals surface area contributed by atoms with Crippen molar-refractivity contribution in [1.82, 2.24) is 9.55 Å². The van der Waals surface area contributed by atoms with Gasteiger partial charge in [-0.3, -0.25) is 19.5 Å². The second-order valence-corrected chi connectivity index (χ2v) is 5.61. The monoisotopic (exact) mass is 305 g/mol. The van der Waals surface area contributed by atoms with E-state index in [0.29, 0.717) is 12.1 Å². The Hall–Kier alpha value is -2.32. The Morgan fingerprint density at radius 3 is 2.91 bits per heavy atom. The van der Waals surface area contributed by atoms with E-state index in [1.807, 2.05) is 0 Å². The Balaban J connectivity index is 1.96. The van der Waals surface area contributed by atoms with Crippen LogP contribution in [0.5, 0.6) is 0 Å². The van der Waals surface area contributed by atoms with Gasteiger partial charge < -0.3 is 9.47 Å². The second kappa shape index (κ2) is 5.15. The van der Waals surface area contributed by atoms with E-state index >= 15 is 0 Å². The minimum absolute atomic E-state index is 0.134. The summed E-state index contributed by atoms with van der Waals surface area (Å²) in [7, 11) is 0.